The second-order valence-corrected chi connectivity index (χ2v) is 4.77. The molecule has 0 heterocycles. The van der Waals surface area contributed by atoms with E-state index in [-0.39, 0.29) is 0 Å². The van der Waals surface area contributed by atoms with Crippen molar-refractivity contribution >= 4 is 0 Å². The minimum absolute atomic E-state index is 0.971. The fourth-order valence-electron chi connectivity index (χ4n) is 0.737. The maximum absolute atomic E-state index is 10.4. The molecule has 1 rings (SSSR count). The number of allylic oxidation sites excluding steroid dienone is 4. The van der Waals surface area contributed by atoms with Crippen molar-refractivity contribution < 1.29 is 25.8 Å². The molecule has 0 aromatic rings. The minimum atomic E-state index is -1.51. The third-order valence-electron chi connectivity index (χ3n) is 1.29. The van der Waals surface area contributed by atoms with E-state index in [0.29, 0.717) is 0 Å². The van der Waals surface area contributed by atoms with Crippen LogP contribution in [0.5, 0.6) is 0 Å². The first kappa shape index (κ1) is 6.27. The van der Waals surface area contributed by atoms with Crippen molar-refractivity contribution in [3.63, 3.8) is 0 Å². The van der Waals surface area contributed by atoms with Gasteiger partial charge in [0.15, 0.2) is 0 Å². The normalized spacial score (nSPS) is 17.1. The molecule has 0 radical (unpaired) electrons. The molecular weight excluding hydrogens is 267 g/mol. The molecule has 0 atom stereocenters. The Balaban J connectivity index is 2.82. The molecule has 1 nitrogen and oxygen atoms in total. The predicted molar refractivity (Wildman–Crippen MR) is 27.1 cm³/mol. The van der Waals surface area contributed by atoms with Crippen molar-refractivity contribution in [3.05, 3.63) is 21.1 Å². The van der Waals surface area contributed by atoms with E-state index >= 15 is 0 Å². The maximum atomic E-state index is 10.4. The third-order valence-corrected chi connectivity index (χ3v) is 4.32. The zero-order valence-electron chi connectivity index (χ0n) is 4.77. The number of hydrogen-bond donors (Lipinski definition) is 0. The standard InChI is InChI=1S/C6H7.Hf.O/c1-6-4-2-3-5-6;;/h2,4H,3H2,1H3;;. The van der Waals surface area contributed by atoms with Gasteiger partial charge in [-0.05, 0) is 0 Å². The van der Waals surface area contributed by atoms with Crippen LogP contribution in [-0.4, -0.2) is 0 Å². The molecule has 0 unspecified atom stereocenters. The van der Waals surface area contributed by atoms with Gasteiger partial charge in [-0.25, -0.2) is 0 Å². The second-order valence-electron chi connectivity index (χ2n) is 1.87. The van der Waals surface area contributed by atoms with E-state index in [2.05, 4.69) is 12.2 Å². The van der Waals surface area contributed by atoms with Crippen molar-refractivity contribution in [3.8, 4) is 0 Å². The molecule has 0 spiro atoms. The molecule has 2 heteroatoms. The zero-order chi connectivity index (χ0) is 5.98. The van der Waals surface area contributed by atoms with Gasteiger partial charge in [0.25, 0.3) is 0 Å². The molecule has 1 aliphatic carbocycles. The van der Waals surface area contributed by atoms with E-state index in [9.17, 15) is 2.85 Å². The Morgan fingerprint density at radius 3 is 2.75 bits per heavy atom. The summed E-state index contributed by atoms with van der Waals surface area (Å²) in [7, 11) is 0. The molecule has 0 fully saturated rings. The molecular formula is C6H7HfO. The molecule has 0 aromatic carbocycles. The summed E-state index contributed by atoms with van der Waals surface area (Å²) in [5.41, 5.74) is 1.25. The first-order valence-electron chi connectivity index (χ1n) is 2.59. The molecule has 0 saturated carbocycles. The Labute approximate surface area is 60.3 Å². The molecule has 0 saturated heterocycles. The average Bonchev–Trinajstić information content (AvgIpc) is 2.14. The van der Waals surface area contributed by atoms with E-state index in [1.807, 2.05) is 6.92 Å². The molecule has 1 aliphatic rings. The summed E-state index contributed by atoms with van der Waals surface area (Å²) in [4.78, 5) is 0. The molecule has 0 aromatic heterocycles. The van der Waals surface area contributed by atoms with Gasteiger partial charge >= 0.3 is 60.2 Å². The zero-order valence-corrected chi connectivity index (χ0v) is 8.36. The van der Waals surface area contributed by atoms with Gasteiger partial charge in [0.2, 0.25) is 0 Å². The summed E-state index contributed by atoms with van der Waals surface area (Å²) >= 11 is -1.51. The third kappa shape index (κ3) is 1.10. The Morgan fingerprint density at radius 1 is 1.75 bits per heavy atom. The number of rotatable bonds is 1. The molecule has 0 N–H and O–H groups in total. The van der Waals surface area contributed by atoms with Crippen molar-refractivity contribution in [2.24, 2.45) is 0 Å². The fraction of sp³-hybridized carbons (Fsp3) is 0.333. The van der Waals surface area contributed by atoms with E-state index < -0.39 is 22.9 Å². The molecule has 0 bridgehead atoms. The van der Waals surface area contributed by atoms with Crippen LogP contribution in [-0.2, 0) is 25.8 Å². The van der Waals surface area contributed by atoms with E-state index in [0.717, 1.165) is 6.42 Å². The van der Waals surface area contributed by atoms with Gasteiger partial charge in [0.05, 0.1) is 0 Å². The van der Waals surface area contributed by atoms with Crippen LogP contribution in [0.4, 0.5) is 0 Å². The van der Waals surface area contributed by atoms with Crippen LogP contribution in [0.1, 0.15) is 13.3 Å². The Hall–Kier alpha value is 0.150. The first-order valence-corrected chi connectivity index (χ1v) is 5.85. The van der Waals surface area contributed by atoms with Gasteiger partial charge in [0.1, 0.15) is 0 Å². The molecule has 0 amide bonds. The van der Waals surface area contributed by atoms with Crippen molar-refractivity contribution in [1.82, 2.24) is 0 Å². The predicted octanol–water partition coefficient (Wildman–Crippen LogP) is 1.65. The SMILES string of the molecule is CC1=[C]([Hf]=[O])CC=C1. The van der Waals surface area contributed by atoms with Gasteiger partial charge in [-0.15, -0.1) is 0 Å². The first-order chi connectivity index (χ1) is 3.84. The summed E-state index contributed by atoms with van der Waals surface area (Å²) in [6.07, 6.45) is 5.11. The summed E-state index contributed by atoms with van der Waals surface area (Å²) in [5.74, 6) is 0. The summed E-state index contributed by atoms with van der Waals surface area (Å²) in [6.45, 7) is 2.03. The van der Waals surface area contributed by atoms with Gasteiger partial charge < -0.3 is 0 Å². The molecule has 41 valence electrons. The number of hydrogen-bond acceptors (Lipinski definition) is 1. The van der Waals surface area contributed by atoms with Gasteiger partial charge in [-0.1, -0.05) is 0 Å². The van der Waals surface area contributed by atoms with Crippen molar-refractivity contribution in [2.45, 2.75) is 13.3 Å². The summed E-state index contributed by atoms with van der Waals surface area (Å²) < 4.78 is 11.7. The average molecular weight is 274 g/mol. The van der Waals surface area contributed by atoms with Crippen molar-refractivity contribution in [2.75, 3.05) is 0 Å². The van der Waals surface area contributed by atoms with Crippen LogP contribution in [0.25, 0.3) is 0 Å². The van der Waals surface area contributed by atoms with Gasteiger partial charge in [-0.2, -0.15) is 0 Å². The van der Waals surface area contributed by atoms with Crippen molar-refractivity contribution in [1.29, 1.82) is 0 Å². The second kappa shape index (κ2) is 2.63. The monoisotopic (exact) mass is 275 g/mol. The topological polar surface area (TPSA) is 17.1 Å². The quantitative estimate of drug-likeness (QED) is 0.664. The van der Waals surface area contributed by atoms with Crippen LogP contribution < -0.4 is 0 Å². The Bertz CT molecular complexity index is 167. The van der Waals surface area contributed by atoms with E-state index in [1.165, 1.54) is 8.90 Å². The van der Waals surface area contributed by atoms with Crippen LogP contribution >= 0.6 is 0 Å². The molecule has 0 aliphatic heterocycles. The van der Waals surface area contributed by atoms with Gasteiger partial charge in [0, 0.05) is 0 Å². The fourth-order valence-corrected chi connectivity index (χ4v) is 2.34. The Kier molecular flexibility index (Phi) is 2.06. The summed E-state index contributed by atoms with van der Waals surface area (Å²) in [6, 6.07) is 0. The van der Waals surface area contributed by atoms with E-state index in [1.54, 1.807) is 0 Å². The summed E-state index contributed by atoms with van der Waals surface area (Å²) in [5, 5.41) is 0. The molecule has 8 heavy (non-hydrogen) atoms. The van der Waals surface area contributed by atoms with Crippen LogP contribution in [0.15, 0.2) is 21.1 Å². The van der Waals surface area contributed by atoms with Gasteiger partial charge in [-0.3, -0.25) is 0 Å². The van der Waals surface area contributed by atoms with Crippen LogP contribution in [0.3, 0.4) is 0 Å². The van der Waals surface area contributed by atoms with Crippen LogP contribution in [0, 0.1) is 0 Å². The van der Waals surface area contributed by atoms with Crippen LogP contribution in [0.2, 0.25) is 0 Å². The van der Waals surface area contributed by atoms with E-state index in [4.69, 9.17) is 0 Å². The Morgan fingerprint density at radius 2 is 2.50 bits per heavy atom.